The van der Waals surface area contributed by atoms with Gasteiger partial charge in [-0.15, -0.1) is 0 Å². The third-order valence-electron chi connectivity index (χ3n) is 21.0. The number of hydrogen-bond acceptors (Lipinski definition) is 16. The molecule has 16 rings (SSSR count). The second kappa shape index (κ2) is 59.9. The quantitative estimate of drug-likeness (QED) is 0.0349. The molecular formula is C118H118ClN7O16. The maximum Gasteiger partial charge on any atom is 0.282 e. The maximum atomic E-state index is 12.8. The molecule has 16 aromatic carbocycles. The lowest BCUT2D eigenvalue weighted by Crippen LogP contribution is -2.31. The normalized spacial score (nSPS) is 10.3. The molecule has 0 N–H and O–H groups in total. The van der Waals surface area contributed by atoms with E-state index in [-0.39, 0.29) is 48.0 Å². The van der Waals surface area contributed by atoms with E-state index in [1.165, 1.54) is 47.8 Å². The number of hydrogen-bond donors (Lipinski definition) is 0. The average molecular weight is 1930 g/mol. The summed E-state index contributed by atoms with van der Waals surface area (Å²) in [5, 5.41) is 14.2. The molecule has 24 heteroatoms. The van der Waals surface area contributed by atoms with Crippen LogP contribution in [0.3, 0.4) is 0 Å². The predicted molar refractivity (Wildman–Crippen MR) is 558 cm³/mol. The van der Waals surface area contributed by atoms with Gasteiger partial charge in [0, 0.05) is 80.1 Å². The van der Waals surface area contributed by atoms with Crippen molar-refractivity contribution >= 4 is 85.9 Å². The van der Waals surface area contributed by atoms with Crippen molar-refractivity contribution in [3.8, 4) is 11.5 Å². The Morgan fingerprint density at radius 2 is 0.570 bits per heavy atom. The fourth-order valence-corrected chi connectivity index (χ4v) is 13.6. The Balaban J connectivity index is 0.000000171. The van der Waals surface area contributed by atoms with Crippen LogP contribution in [0.1, 0.15) is 129 Å². The van der Waals surface area contributed by atoms with Gasteiger partial charge in [-0.3, -0.25) is 67.4 Å². The molecule has 0 unspecified atom stereocenters. The molecule has 0 bridgehead atoms. The molecule has 0 saturated carbocycles. The summed E-state index contributed by atoms with van der Waals surface area (Å²) >= 11 is 5.90. The SMILES string of the molecule is CC(=O)N(OCc1ccccc1)c1ccccc1.CCCN(OCc1ccccc1)C(=O)c1ccccc1.CCCON(C)C(=O)c1cccc2ccccc12.CN(OCc1cccc2ccccc12)C(=O)c1ccccc1.COc1ccc(C(=O)N(C)OCc2ccccc2)cc1.COc1ccc(CON(C)C(=O)c2ccccc2)cc1.O=C(c1ccccc1)N(OCc1ccc(Cl)cc1)c1ccccc1. The van der Waals surface area contributed by atoms with Crippen molar-refractivity contribution in [3.63, 3.8) is 0 Å². The second-order valence-corrected chi connectivity index (χ2v) is 31.9. The molecular weight excluding hydrogens is 1810 g/mol. The van der Waals surface area contributed by atoms with E-state index in [0.29, 0.717) is 90.3 Å². The van der Waals surface area contributed by atoms with Crippen LogP contribution < -0.4 is 19.6 Å². The minimum Gasteiger partial charge on any atom is -0.497 e. The monoisotopic (exact) mass is 1920 g/mol. The molecule has 0 fully saturated rings. The predicted octanol–water partition coefficient (Wildman–Crippen LogP) is 25.1. The molecule has 0 aliphatic carbocycles. The third kappa shape index (κ3) is 35.7. The summed E-state index contributed by atoms with van der Waals surface area (Å²) in [7, 11) is 9.72. The Morgan fingerprint density at radius 1 is 0.261 bits per heavy atom. The minimum atomic E-state index is -0.212. The van der Waals surface area contributed by atoms with Crippen LogP contribution in [0.4, 0.5) is 11.4 Å². The van der Waals surface area contributed by atoms with Crippen LogP contribution in [0.5, 0.6) is 11.5 Å². The van der Waals surface area contributed by atoms with Crippen LogP contribution >= 0.6 is 11.6 Å². The Labute approximate surface area is 836 Å². The molecule has 7 amide bonds. The van der Waals surface area contributed by atoms with Crippen LogP contribution in [0.15, 0.2) is 431 Å². The highest BCUT2D eigenvalue weighted by molar-refractivity contribution is 6.30. The summed E-state index contributed by atoms with van der Waals surface area (Å²) in [6, 6.07) is 134. The van der Waals surface area contributed by atoms with E-state index >= 15 is 0 Å². The van der Waals surface area contributed by atoms with Crippen molar-refractivity contribution < 1.29 is 76.9 Å². The highest BCUT2D eigenvalue weighted by Gasteiger charge is 2.23. The zero-order chi connectivity index (χ0) is 101. The van der Waals surface area contributed by atoms with E-state index < -0.39 is 0 Å². The molecule has 0 atom stereocenters. The van der Waals surface area contributed by atoms with E-state index in [4.69, 9.17) is 54.9 Å². The largest absolute Gasteiger partial charge is 0.497 e. The fraction of sp³-hybridized carbons (Fsp3) is 0.161. The van der Waals surface area contributed by atoms with Crippen LogP contribution in [0.25, 0.3) is 21.5 Å². The maximum absolute atomic E-state index is 12.8. The van der Waals surface area contributed by atoms with Crippen molar-refractivity contribution in [2.24, 2.45) is 0 Å². The lowest BCUT2D eigenvalue weighted by atomic mass is 10.0. The molecule has 0 aliphatic heterocycles. The van der Waals surface area contributed by atoms with Crippen molar-refractivity contribution in [1.82, 2.24) is 25.3 Å². The number of rotatable bonds is 33. The molecule has 0 aliphatic rings. The first-order chi connectivity index (χ1) is 69.2. The number of halogens is 1. The summed E-state index contributed by atoms with van der Waals surface area (Å²) in [6.07, 6.45) is 1.74. The van der Waals surface area contributed by atoms with E-state index in [9.17, 15) is 33.6 Å². The Bertz CT molecular complexity index is 6440. The van der Waals surface area contributed by atoms with Crippen LogP contribution in [-0.2, 0) is 78.3 Å². The van der Waals surface area contributed by atoms with Gasteiger partial charge in [-0.05, 0) is 195 Å². The van der Waals surface area contributed by atoms with E-state index in [1.54, 1.807) is 127 Å². The number of carbonyl (C=O) groups is 7. The molecule has 16 aromatic rings. The van der Waals surface area contributed by atoms with Crippen molar-refractivity contribution in [3.05, 3.63) is 502 Å². The van der Waals surface area contributed by atoms with E-state index in [1.807, 2.05) is 341 Å². The van der Waals surface area contributed by atoms with Gasteiger partial charge >= 0.3 is 0 Å². The van der Waals surface area contributed by atoms with Gasteiger partial charge in [0.2, 0.25) is 5.91 Å². The van der Waals surface area contributed by atoms with Crippen LogP contribution in [0.2, 0.25) is 5.02 Å². The summed E-state index contributed by atoms with van der Waals surface area (Å²) in [5.41, 5.74) is 11.1. The number of fused-ring (bicyclic) bond motifs is 2. The summed E-state index contributed by atoms with van der Waals surface area (Å²) in [6.45, 7) is 8.74. The number of hydroxylamine groups is 12. The van der Waals surface area contributed by atoms with Gasteiger partial charge in [0.05, 0.1) is 32.2 Å². The zero-order valence-electron chi connectivity index (χ0n) is 81.1. The number of ether oxygens (including phenoxy) is 2. The Kier molecular flexibility index (Phi) is 45.6. The van der Waals surface area contributed by atoms with Gasteiger partial charge < -0.3 is 9.47 Å². The molecule has 0 saturated heterocycles. The molecule has 0 heterocycles. The topological polar surface area (TPSA) is 225 Å². The molecule has 0 radical (unpaired) electrons. The first-order valence-electron chi connectivity index (χ1n) is 46.1. The lowest BCUT2D eigenvalue weighted by Gasteiger charge is -2.22. The van der Waals surface area contributed by atoms with Gasteiger partial charge in [0.25, 0.3) is 35.4 Å². The highest BCUT2D eigenvalue weighted by atomic mass is 35.5. The fourth-order valence-electron chi connectivity index (χ4n) is 13.4. The third-order valence-corrected chi connectivity index (χ3v) is 21.3. The summed E-state index contributed by atoms with van der Waals surface area (Å²) in [5.74, 6) is 0.442. The number of nitrogens with zero attached hydrogens (tertiary/aromatic N) is 7. The Hall–Kier alpha value is -16.1. The van der Waals surface area contributed by atoms with E-state index in [0.717, 1.165) is 79.6 Å². The van der Waals surface area contributed by atoms with Crippen molar-refractivity contribution in [1.29, 1.82) is 0 Å². The van der Waals surface area contributed by atoms with Gasteiger partial charge in [-0.1, -0.05) is 329 Å². The van der Waals surface area contributed by atoms with Crippen LogP contribution in [0, 0.1) is 0 Å². The smallest absolute Gasteiger partial charge is 0.282 e. The van der Waals surface area contributed by atoms with Gasteiger partial charge in [-0.2, -0.15) is 10.1 Å². The highest BCUT2D eigenvalue weighted by Crippen LogP contribution is 2.26. The molecule has 0 spiro atoms. The zero-order valence-corrected chi connectivity index (χ0v) is 81.9. The molecule has 23 nitrogen and oxygen atoms in total. The first kappa shape index (κ1) is 108. The standard InChI is InChI=1S/C20H16ClNO2.C19H17NO2.C17H19NO2.2C16H17NO3.C15H15NO2.C15H17NO2/c21-18-13-11-16(12-14-18)15-24-22(19-9-5-2-6-10-19)20(23)17-7-3-1-4-8-17;1-20(19(21)16-9-3-2-4-10-16)22-14-17-12-7-11-15-8-5-6-13-18(15)17;1-2-13-18(17(19)16-11-7-4-8-12-16)20-14-15-9-5-3-6-10-15;1-17(16(18)14-6-4-3-5-7-14)20-12-13-8-10-15(19-2)11-9-13;1-17(20-12-13-6-4-3-5-7-13)16(18)14-8-10-15(19-2)11-9-14;1-13(17)16(15-10-6-3-7-11-15)18-12-14-8-4-2-5-9-14;1-3-11-18-16(2)15(17)14-10-6-8-12-7-4-5-9-13(12)14/h1-14H,15H2;2-13H,14H2,1H3;3-12H,2,13-14H2,1H3;2*3-11H,12H2,1-2H3;2-11H,12H2,1H3;4-10H,3,11H2,1-2H3. The lowest BCUT2D eigenvalue weighted by molar-refractivity contribution is -0.133. The average Bonchev–Trinajstić information content (AvgIpc) is 0.813. The molecule has 142 heavy (non-hydrogen) atoms. The number of anilines is 2. The molecule has 728 valence electrons. The number of methoxy groups -OCH3 is 2. The summed E-state index contributed by atoms with van der Waals surface area (Å²) in [4.78, 5) is 124. The minimum absolute atomic E-state index is 0.0941. The van der Waals surface area contributed by atoms with Crippen LogP contribution in [-0.4, -0.2) is 122 Å². The van der Waals surface area contributed by atoms with Crippen molar-refractivity contribution in [2.75, 3.05) is 65.7 Å². The van der Waals surface area contributed by atoms with Gasteiger partial charge in [0.15, 0.2) is 0 Å². The molecule has 0 aromatic heterocycles. The first-order valence-corrected chi connectivity index (χ1v) is 46.5. The number of amides is 7. The number of carbonyl (C=O) groups excluding carboxylic acids is 7. The summed E-state index contributed by atoms with van der Waals surface area (Å²) < 4.78 is 10.1. The van der Waals surface area contributed by atoms with Crippen molar-refractivity contribution in [2.45, 2.75) is 73.3 Å². The number of para-hydroxylation sites is 2. The number of benzene rings is 16. The van der Waals surface area contributed by atoms with E-state index in [2.05, 4.69) is 18.2 Å². The van der Waals surface area contributed by atoms with Gasteiger partial charge in [-0.25, -0.2) is 25.3 Å². The Morgan fingerprint density at radius 3 is 0.993 bits per heavy atom. The van der Waals surface area contributed by atoms with Gasteiger partial charge in [0.1, 0.15) is 51.1 Å². The second-order valence-electron chi connectivity index (χ2n) is 31.5.